The van der Waals surface area contributed by atoms with Crippen molar-refractivity contribution in [3.05, 3.63) is 82.7 Å². The molecular weight excluding hydrogens is 361 g/mol. The van der Waals surface area contributed by atoms with E-state index in [0.717, 1.165) is 11.8 Å². The van der Waals surface area contributed by atoms with Crippen molar-refractivity contribution in [2.24, 2.45) is 0 Å². The molecule has 0 radical (unpaired) electrons. The van der Waals surface area contributed by atoms with Gasteiger partial charge in [0.1, 0.15) is 5.82 Å². The summed E-state index contributed by atoms with van der Waals surface area (Å²) in [6.07, 6.45) is 3.47. The Kier molecular flexibility index (Phi) is 4.44. The van der Waals surface area contributed by atoms with Gasteiger partial charge in [0, 0.05) is 24.6 Å². The summed E-state index contributed by atoms with van der Waals surface area (Å²) < 4.78 is 16.8. The fourth-order valence-electron chi connectivity index (χ4n) is 2.96. The average molecular weight is 377 g/mol. The van der Waals surface area contributed by atoms with E-state index >= 15 is 0 Å². The van der Waals surface area contributed by atoms with E-state index in [-0.39, 0.29) is 11.1 Å². The van der Waals surface area contributed by atoms with Crippen LogP contribution in [0.1, 0.15) is 17.4 Å². The molecule has 1 amide bonds. The summed E-state index contributed by atoms with van der Waals surface area (Å²) >= 11 is 0. The number of benzene rings is 2. The largest absolute Gasteiger partial charge is 0.320 e. The number of nitrogens with zero attached hydrogens (tertiary/aromatic N) is 4. The van der Waals surface area contributed by atoms with E-state index in [9.17, 15) is 14.0 Å². The predicted molar refractivity (Wildman–Crippen MR) is 103 cm³/mol. The first-order chi connectivity index (χ1) is 13.6. The molecule has 28 heavy (non-hydrogen) atoms. The first kappa shape index (κ1) is 17.6. The summed E-state index contributed by atoms with van der Waals surface area (Å²) in [5, 5.41) is 11.1. The molecule has 0 atom stereocenters. The van der Waals surface area contributed by atoms with Crippen LogP contribution in [0.4, 0.5) is 10.1 Å². The standard InChI is InChI=1S/C20H16FN5O2/c1-2-25-17-9-4-13(21)12-16(17)19(27)18(24-25)20(28)23-14-5-7-15(8-6-14)26-11-3-10-22-26/h3-12H,2H2,1H3,(H,23,28). The van der Waals surface area contributed by atoms with Gasteiger partial charge in [0.25, 0.3) is 5.91 Å². The number of carbonyl (C=O) groups is 1. The Morgan fingerprint density at radius 2 is 1.96 bits per heavy atom. The molecule has 0 unspecified atom stereocenters. The Labute approximate surface area is 159 Å². The minimum absolute atomic E-state index is 0.121. The van der Waals surface area contributed by atoms with Crippen molar-refractivity contribution in [3.8, 4) is 5.69 Å². The number of rotatable bonds is 4. The van der Waals surface area contributed by atoms with Gasteiger partial charge in [-0.25, -0.2) is 9.07 Å². The van der Waals surface area contributed by atoms with E-state index in [0.29, 0.717) is 17.7 Å². The molecule has 8 heteroatoms. The monoisotopic (exact) mass is 377 g/mol. The zero-order valence-corrected chi connectivity index (χ0v) is 15.0. The molecule has 0 aliphatic rings. The first-order valence-corrected chi connectivity index (χ1v) is 8.68. The molecule has 1 N–H and O–H groups in total. The van der Waals surface area contributed by atoms with Gasteiger partial charge in [-0.3, -0.25) is 14.3 Å². The van der Waals surface area contributed by atoms with Crippen LogP contribution in [0.5, 0.6) is 0 Å². The lowest BCUT2D eigenvalue weighted by molar-refractivity contribution is 0.101. The van der Waals surface area contributed by atoms with Crippen LogP contribution in [0.25, 0.3) is 16.6 Å². The Morgan fingerprint density at radius 1 is 1.18 bits per heavy atom. The Hall–Kier alpha value is -3.81. The maximum atomic E-state index is 13.6. The normalized spacial score (nSPS) is 10.9. The topological polar surface area (TPSA) is 81.8 Å². The van der Waals surface area contributed by atoms with E-state index in [1.807, 2.05) is 13.0 Å². The number of aryl methyl sites for hydroxylation is 1. The highest BCUT2D eigenvalue weighted by molar-refractivity contribution is 6.04. The summed E-state index contributed by atoms with van der Waals surface area (Å²) in [5.74, 6) is -1.19. The third-order valence-electron chi connectivity index (χ3n) is 4.33. The van der Waals surface area contributed by atoms with Gasteiger partial charge in [0.15, 0.2) is 5.69 Å². The Morgan fingerprint density at radius 3 is 2.64 bits per heavy atom. The van der Waals surface area contributed by atoms with Crippen molar-refractivity contribution < 1.29 is 9.18 Å². The van der Waals surface area contributed by atoms with Gasteiger partial charge in [-0.2, -0.15) is 10.2 Å². The molecule has 0 aliphatic carbocycles. The quantitative estimate of drug-likeness (QED) is 0.593. The third-order valence-corrected chi connectivity index (χ3v) is 4.33. The van der Waals surface area contributed by atoms with Crippen LogP contribution in [0.3, 0.4) is 0 Å². The molecule has 2 heterocycles. The van der Waals surface area contributed by atoms with Crippen LogP contribution < -0.4 is 10.7 Å². The number of aromatic nitrogens is 4. The lowest BCUT2D eigenvalue weighted by Gasteiger charge is -2.11. The van der Waals surface area contributed by atoms with Crippen LogP contribution in [0, 0.1) is 5.82 Å². The number of carbonyl (C=O) groups excluding carboxylic acids is 1. The molecule has 0 spiro atoms. The predicted octanol–water partition coefficient (Wildman–Crippen LogP) is 2.99. The van der Waals surface area contributed by atoms with Crippen molar-refractivity contribution in [1.82, 2.24) is 19.6 Å². The van der Waals surface area contributed by atoms with Crippen molar-refractivity contribution in [3.63, 3.8) is 0 Å². The smallest absolute Gasteiger partial charge is 0.280 e. The van der Waals surface area contributed by atoms with Crippen LogP contribution in [0.15, 0.2) is 65.7 Å². The summed E-state index contributed by atoms with van der Waals surface area (Å²) in [7, 11) is 0. The van der Waals surface area contributed by atoms with Crippen molar-refractivity contribution in [2.45, 2.75) is 13.5 Å². The second kappa shape index (κ2) is 7.07. The minimum Gasteiger partial charge on any atom is -0.320 e. The molecule has 140 valence electrons. The molecule has 0 saturated carbocycles. The van der Waals surface area contributed by atoms with E-state index in [1.165, 1.54) is 16.8 Å². The van der Waals surface area contributed by atoms with Crippen LogP contribution in [-0.4, -0.2) is 25.5 Å². The van der Waals surface area contributed by atoms with Crippen LogP contribution in [0.2, 0.25) is 0 Å². The zero-order chi connectivity index (χ0) is 19.7. The Bertz CT molecular complexity index is 1210. The summed E-state index contributed by atoms with van der Waals surface area (Å²) in [5.41, 5.74) is 0.926. The number of hydrogen-bond donors (Lipinski definition) is 1. The molecule has 2 aromatic heterocycles. The number of fused-ring (bicyclic) bond motifs is 1. The van der Waals surface area contributed by atoms with E-state index in [4.69, 9.17) is 0 Å². The molecule has 0 saturated heterocycles. The number of anilines is 1. The molecule has 7 nitrogen and oxygen atoms in total. The SMILES string of the molecule is CCn1nc(C(=O)Nc2ccc(-n3cccn3)cc2)c(=O)c2cc(F)ccc21. The van der Waals surface area contributed by atoms with Gasteiger partial charge < -0.3 is 5.32 Å². The summed E-state index contributed by atoms with van der Waals surface area (Å²) in [6.45, 7) is 2.26. The van der Waals surface area contributed by atoms with Gasteiger partial charge in [-0.05, 0) is 55.5 Å². The lowest BCUT2D eigenvalue weighted by Crippen LogP contribution is -2.27. The van der Waals surface area contributed by atoms with Gasteiger partial charge in [-0.15, -0.1) is 0 Å². The number of nitrogens with one attached hydrogen (secondary N) is 1. The van der Waals surface area contributed by atoms with Gasteiger partial charge in [-0.1, -0.05) is 0 Å². The molecule has 0 bridgehead atoms. The average Bonchev–Trinajstić information content (AvgIpc) is 3.24. The van der Waals surface area contributed by atoms with Crippen molar-refractivity contribution >= 4 is 22.5 Å². The zero-order valence-electron chi connectivity index (χ0n) is 15.0. The third kappa shape index (κ3) is 3.16. The fourth-order valence-corrected chi connectivity index (χ4v) is 2.96. The number of halogens is 1. The second-order valence-corrected chi connectivity index (χ2v) is 6.11. The maximum absolute atomic E-state index is 13.6. The van der Waals surface area contributed by atoms with E-state index in [1.54, 1.807) is 41.3 Å². The molecule has 4 rings (SSSR count). The lowest BCUT2D eigenvalue weighted by atomic mass is 10.2. The minimum atomic E-state index is -0.648. The Balaban J connectivity index is 1.67. The highest BCUT2D eigenvalue weighted by Crippen LogP contribution is 2.15. The highest BCUT2D eigenvalue weighted by Gasteiger charge is 2.18. The highest BCUT2D eigenvalue weighted by atomic mass is 19.1. The van der Waals surface area contributed by atoms with Crippen molar-refractivity contribution in [1.29, 1.82) is 0 Å². The molecule has 2 aromatic carbocycles. The first-order valence-electron chi connectivity index (χ1n) is 8.68. The molecular formula is C20H16FN5O2. The maximum Gasteiger partial charge on any atom is 0.280 e. The molecule has 4 aromatic rings. The molecule has 0 aliphatic heterocycles. The van der Waals surface area contributed by atoms with E-state index in [2.05, 4.69) is 15.5 Å². The second-order valence-electron chi connectivity index (χ2n) is 6.11. The van der Waals surface area contributed by atoms with Crippen LogP contribution in [-0.2, 0) is 6.54 Å². The summed E-state index contributed by atoms with van der Waals surface area (Å²) in [6, 6.07) is 12.7. The van der Waals surface area contributed by atoms with Gasteiger partial charge in [0.2, 0.25) is 5.43 Å². The fraction of sp³-hybridized carbons (Fsp3) is 0.100. The van der Waals surface area contributed by atoms with Gasteiger partial charge >= 0.3 is 0 Å². The number of hydrogen-bond acceptors (Lipinski definition) is 4. The van der Waals surface area contributed by atoms with E-state index < -0.39 is 17.2 Å². The van der Waals surface area contributed by atoms with Crippen molar-refractivity contribution in [2.75, 3.05) is 5.32 Å². The molecule has 0 fully saturated rings. The van der Waals surface area contributed by atoms with Gasteiger partial charge in [0.05, 0.1) is 16.6 Å². The van der Waals surface area contributed by atoms with Crippen LogP contribution >= 0.6 is 0 Å². The number of amides is 1. The summed E-state index contributed by atoms with van der Waals surface area (Å²) in [4.78, 5) is 25.3.